The van der Waals surface area contributed by atoms with E-state index in [9.17, 15) is 0 Å². The molecule has 59 heavy (non-hydrogen) atoms. The maximum absolute atomic E-state index is 6.42. The second-order valence-electron chi connectivity index (χ2n) is 16.0. The van der Waals surface area contributed by atoms with Crippen molar-refractivity contribution in [3.05, 3.63) is 216 Å². The molecule has 0 aliphatic heterocycles. The fourth-order valence-corrected chi connectivity index (χ4v) is 9.34. The van der Waals surface area contributed by atoms with Crippen molar-refractivity contribution in [2.24, 2.45) is 0 Å². The monoisotopic (exact) mass is 766 g/mol. The van der Waals surface area contributed by atoms with E-state index in [1.165, 1.54) is 44.5 Å². The van der Waals surface area contributed by atoms with Crippen LogP contribution in [-0.2, 0) is 5.41 Å². The van der Waals surface area contributed by atoms with Gasteiger partial charge in [0.25, 0.3) is 0 Å². The Bertz CT molecular complexity index is 2680. The van der Waals surface area contributed by atoms with E-state index in [0.717, 1.165) is 45.6 Å². The van der Waals surface area contributed by atoms with E-state index in [-0.39, 0.29) is 12.2 Å². The van der Waals surface area contributed by atoms with Crippen LogP contribution in [0.25, 0.3) is 22.3 Å². The van der Waals surface area contributed by atoms with E-state index in [0.29, 0.717) is 0 Å². The minimum atomic E-state index is -0.600. The van der Waals surface area contributed by atoms with E-state index in [1.807, 2.05) is 0 Å². The summed E-state index contributed by atoms with van der Waals surface area (Å²) in [6.07, 6.45) is 0.0960. The Morgan fingerprint density at radius 1 is 0.322 bits per heavy atom. The van der Waals surface area contributed by atoms with Gasteiger partial charge in [-0.1, -0.05) is 97.1 Å². The van der Waals surface area contributed by atoms with Crippen molar-refractivity contribution < 1.29 is 9.47 Å². The summed E-state index contributed by atoms with van der Waals surface area (Å²) in [5, 5.41) is 0. The molecule has 0 amide bonds. The topological polar surface area (TPSA) is 24.9 Å². The van der Waals surface area contributed by atoms with Gasteiger partial charge in [-0.3, -0.25) is 0 Å². The number of hydrogen-bond acceptors (Lipinski definition) is 4. The molecular formula is C55H46N2O2. The number of anilines is 6. The van der Waals surface area contributed by atoms with Crippen molar-refractivity contribution in [1.82, 2.24) is 0 Å². The van der Waals surface area contributed by atoms with E-state index < -0.39 is 5.41 Å². The summed E-state index contributed by atoms with van der Waals surface area (Å²) in [5.74, 6) is 1.75. The average molecular weight is 767 g/mol. The standard InChI is InChI=1S/C55H46N2O2/c1-37(2)58-45-29-32-49-50-33-30-46(59-38(3)4)36-54(50)55(53(49)35-45)51-23-15-14-22-47(51)48-31-28-44(34-52(48)55)57(41-20-12-7-13-21-41)43-26-24-42(25-27-43)56(39-16-8-5-9-17-39)40-18-10-6-11-19-40/h5-38H,1-4H3. The van der Waals surface area contributed by atoms with Gasteiger partial charge in [0.05, 0.1) is 17.6 Å². The number of benzene rings is 8. The van der Waals surface area contributed by atoms with Gasteiger partial charge in [0, 0.05) is 34.1 Å². The predicted molar refractivity (Wildman–Crippen MR) is 244 cm³/mol. The number of ether oxygens (including phenoxy) is 2. The van der Waals surface area contributed by atoms with Crippen LogP contribution in [0, 0.1) is 0 Å². The van der Waals surface area contributed by atoms with Crippen LogP contribution in [0.4, 0.5) is 34.1 Å². The third-order valence-corrected chi connectivity index (χ3v) is 11.5. The molecule has 8 aromatic rings. The molecule has 0 bridgehead atoms. The lowest BCUT2D eigenvalue weighted by Crippen LogP contribution is -2.26. The molecule has 0 aromatic heterocycles. The first-order valence-electron chi connectivity index (χ1n) is 20.6. The maximum Gasteiger partial charge on any atom is 0.120 e. The van der Waals surface area contributed by atoms with E-state index in [1.54, 1.807) is 0 Å². The first-order valence-corrected chi connectivity index (χ1v) is 20.6. The van der Waals surface area contributed by atoms with Crippen molar-refractivity contribution in [2.75, 3.05) is 9.80 Å². The van der Waals surface area contributed by atoms with Crippen molar-refractivity contribution in [3.8, 4) is 33.8 Å². The van der Waals surface area contributed by atoms with Crippen LogP contribution in [-0.4, -0.2) is 12.2 Å². The lowest BCUT2D eigenvalue weighted by atomic mass is 9.70. The zero-order valence-corrected chi connectivity index (χ0v) is 33.8. The molecule has 0 radical (unpaired) electrons. The Kier molecular flexibility index (Phi) is 9.06. The molecule has 288 valence electrons. The lowest BCUT2D eigenvalue weighted by molar-refractivity contribution is 0.242. The molecule has 0 fully saturated rings. The Hall–Kier alpha value is -7.04. The fourth-order valence-electron chi connectivity index (χ4n) is 9.34. The highest BCUT2D eigenvalue weighted by Crippen LogP contribution is 2.64. The van der Waals surface area contributed by atoms with Crippen molar-refractivity contribution in [1.29, 1.82) is 0 Å². The van der Waals surface area contributed by atoms with Crippen LogP contribution >= 0.6 is 0 Å². The summed E-state index contributed by atoms with van der Waals surface area (Å²) in [5.41, 5.74) is 15.8. The first kappa shape index (κ1) is 36.3. The molecule has 0 saturated carbocycles. The molecule has 10 rings (SSSR count). The minimum Gasteiger partial charge on any atom is -0.491 e. The fraction of sp³-hybridized carbons (Fsp3) is 0.127. The summed E-state index contributed by atoms with van der Waals surface area (Å²) in [4.78, 5) is 4.68. The van der Waals surface area contributed by atoms with E-state index in [4.69, 9.17) is 9.47 Å². The highest BCUT2D eigenvalue weighted by atomic mass is 16.5. The van der Waals surface area contributed by atoms with Crippen LogP contribution in [0.5, 0.6) is 11.5 Å². The van der Waals surface area contributed by atoms with Crippen molar-refractivity contribution in [2.45, 2.75) is 45.3 Å². The molecule has 0 atom stereocenters. The summed E-state index contributed by atoms with van der Waals surface area (Å²) in [6, 6.07) is 70.0. The summed E-state index contributed by atoms with van der Waals surface area (Å²) < 4.78 is 12.8. The first-order chi connectivity index (χ1) is 28.9. The third kappa shape index (κ3) is 6.15. The van der Waals surface area contributed by atoms with Crippen molar-refractivity contribution in [3.63, 3.8) is 0 Å². The smallest absolute Gasteiger partial charge is 0.120 e. The average Bonchev–Trinajstić information content (AvgIpc) is 3.71. The number of nitrogens with zero attached hydrogens (tertiary/aromatic N) is 2. The second-order valence-corrected chi connectivity index (χ2v) is 16.0. The highest BCUT2D eigenvalue weighted by Gasteiger charge is 2.52. The number of hydrogen-bond donors (Lipinski definition) is 0. The number of para-hydroxylation sites is 3. The molecule has 0 heterocycles. The summed E-state index contributed by atoms with van der Waals surface area (Å²) >= 11 is 0. The maximum atomic E-state index is 6.42. The molecule has 1 spiro atoms. The van der Waals surface area contributed by atoms with Gasteiger partial charge in [-0.05, 0) is 169 Å². The quantitative estimate of drug-likeness (QED) is 0.138. The van der Waals surface area contributed by atoms with Gasteiger partial charge >= 0.3 is 0 Å². The van der Waals surface area contributed by atoms with Crippen LogP contribution in [0.15, 0.2) is 194 Å². The van der Waals surface area contributed by atoms with Gasteiger partial charge in [0.2, 0.25) is 0 Å². The zero-order chi connectivity index (χ0) is 40.1. The minimum absolute atomic E-state index is 0.0480. The Balaban J connectivity index is 1.17. The van der Waals surface area contributed by atoms with Crippen LogP contribution in [0.3, 0.4) is 0 Å². The Labute approximate surface area is 347 Å². The highest BCUT2D eigenvalue weighted by molar-refractivity contribution is 5.97. The summed E-state index contributed by atoms with van der Waals surface area (Å²) in [7, 11) is 0. The lowest BCUT2D eigenvalue weighted by Gasteiger charge is -2.33. The molecule has 0 N–H and O–H groups in total. The van der Waals surface area contributed by atoms with Crippen LogP contribution < -0.4 is 19.3 Å². The van der Waals surface area contributed by atoms with Gasteiger partial charge < -0.3 is 19.3 Å². The summed E-state index contributed by atoms with van der Waals surface area (Å²) in [6.45, 7) is 8.35. The number of fused-ring (bicyclic) bond motifs is 10. The zero-order valence-electron chi connectivity index (χ0n) is 33.8. The van der Waals surface area contributed by atoms with Crippen LogP contribution in [0.2, 0.25) is 0 Å². The van der Waals surface area contributed by atoms with E-state index in [2.05, 4.69) is 232 Å². The van der Waals surface area contributed by atoms with Gasteiger partial charge in [0.15, 0.2) is 0 Å². The predicted octanol–water partition coefficient (Wildman–Crippen LogP) is 14.5. The largest absolute Gasteiger partial charge is 0.491 e. The molecule has 8 aromatic carbocycles. The molecule has 2 aliphatic rings. The molecule has 4 heteroatoms. The molecule has 2 aliphatic carbocycles. The molecular weight excluding hydrogens is 721 g/mol. The van der Waals surface area contributed by atoms with E-state index >= 15 is 0 Å². The van der Waals surface area contributed by atoms with Crippen molar-refractivity contribution >= 4 is 34.1 Å². The van der Waals surface area contributed by atoms with Gasteiger partial charge in [-0.25, -0.2) is 0 Å². The Morgan fingerprint density at radius 3 is 1.12 bits per heavy atom. The molecule has 0 saturated heterocycles. The van der Waals surface area contributed by atoms with Gasteiger partial charge in [-0.2, -0.15) is 0 Å². The SMILES string of the molecule is CC(C)Oc1ccc2c(c1)C1(c3ccccc3-c3ccc(N(c4ccccc4)c4ccc(N(c5ccccc5)c5ccccc5)cc4)cc31)c1cc(OC(C)C)ccc1-2. The molecule has 0 unspecified atom stereocenters. The van der Waals surface area contributed by atoms with Crippen LogP contribution in [0.1, 0.15) is 49.9 Å². The number of rotatable bonds is 10. The van der Waals surface area contributed by atoms with Gasteiger partial charge in [0.1, 0.15) is 11.5 Å². The second kappa shape index (κ2) is 14.7. The molecule has 4 nitrogen and oxygen atoms in total. The third-order valence-electron chi connectivity index (χ3n) is 11.5. The normalized spacial score (nSPS) is 12.8. The Morgan fingerprint density at radius 2 is 0.661 bits per heavy atom. The van der Waals surface area contributed by atoms with Gasteiger partial charge in [-0.15, -0.1) is 0 Å².